The molecule has 0 saturated heterocycles. The summed E-state index contributed by atoms with van der Waals surface area (Å²) in [5.74, 6) is 0.677. The molecule has 0 saturated carbocycles. The van der Waals surface area contributed by atoms with E-state index in [4.69, 9.17) is 16.3 Å². The van der Waals surface area contributed by atoms with Crippen molar-refractivity contribution in [3.63, 3.8) is 0 Å². The smallest absolute Gasteiger partial charge is 0.138 e. The van der Waals surface area contributed by atoms with Gasteiger partial charge in [0.05, 0.1) is 5.02 Å². The molecule has 1 aromatic heterocycles. The highest BCUT2D eigenvalue weighted by Gasteiger charge is 2.03. The molecule has 0 aliphatic rings. The van der Waals surface area contributed by atoms with E-state index in [1.807, 2.05) is 50.5 Å². The van der Waals surface area contributed by atoms with Crippen molar-refractivity contribution >= 4 is 17.3 Å². The number of ether oxygens (including phenoxy) is 1. The van der Waals surface area contributed by atoms with Gasteiger partial charge in [-0.3, -0.25) is 4.98 Å². The van der Waals surface area contributed by atoms with Gasteiger partial charge in [-0.2, -0.15) is 0 Å². The molecule has 0 unspecified atom stereocenters. The Morgan fingerprint density at radius 3 is 2.72 bits per heavy atom. The van der Waals surface area contributed by atoms with Crippen molar-refractivity contribution in [1.29, 1.82) is 0 Å². The van der Waals surface area contributed by atoms with Gasteiger partial charge in [0.1, 0.15) is 12.4 Å². The molecule has 0 aliphatic carbocycles. The number of nitrogens with one attached hydrogen (secondary N) is 1. The quantitative estimate of drug-likeness (QED) is 0.913. The minimum absolute atomic E-state index is 0.464. The molecule has 0 atom stereocenters. The fourth-order valence-electron chi connectivity index (χ4n) is 1.52. The Hall–Kier alpha value is -1.74. The highest BCUT2D eigenvalue weighted by atomic mass is 35.5. The summed E-state index contributed by atoms with van der Waals surface area (Å²) in [6.45, 7) is 2.42. The van der Waals surface area contributed by atoms with Crippen molar-refractivity contribution < 1.29 is 4.74 Å². The molecule has 2 rings (SSSR count). The van der Waals surface area contributed by atoms with Gasteiger partial charge < -0.3 is 10.1 Å². The molecule has 0 radical (unpaired) electrons. The lowest BCUT2D eigenvalue weighted by Gasteiger charge is -2.09. The monoisotopic (exact) mass is 262 g/mol. The number of rotatable bonds is 4. The number of halogens is 1. The molecule has 0 spiro atoms. The van der Waals surface area contributed by atoms with Crippen LogP contribution in [0.15, 0.2) is 36.5 Å². The van der Waals surface area contributed by atoms with E-state index in [1.54, 1.807) is 0 Å². The molecule has 4 heteroatoms. The third kappa shape index (κ3) is 3.14. The van der Waals surface area contributed by atoms with Gasteiger partial charge in [0.2, 0.25) is 0 Å². The first-order valence-corrected chi connectivity index (χ1v) is 6.08. The van der Waals surface area contributed by atoms with Crippen LogP contribution in [0.5, 0.6) is 5.75 Å². The first-order chi connectivity index (χ1) is 8.69. The average Bonchev–Trinajstić information content (AvgIpc) is 2.39. The van der Waals surface area contributed by atoms with E-state index in [1.165, 1.54) is 0 Å². The second-order valence-corrected chi connectivity index (χ2v) is 4.40. The Kier molecular flexibility index (Phi) is 4.05. The van der Waals surface area contributed by atoms with Gasteiger partial charge in [0.25, 0.3) is 0 Å². The van der Waals surface area contributed by atoms with Crippen LogP contribution in [0.2, 0.25) is 5.02 Å². The lowest BCUT2D eigenvalue weighted by atomic mass is 10.2. The van der Waals surface area contributed by atoms with Gasteiger partial charge in [-0.1, -0.05) is 17.7 Å². The zero-order valence-corrected chi connectivity index (χ0v) is 11.2. The minimum atomic E-state index is 0.464. The summed E-state index contributed by atoms with van der Waals surface area (Å²) in [6.07, 6.45) is 1.81. The van der Waals surface area contributed by atoms with Crippen LogP contribution in [0.3, 0.4) is 0 Å². The molecular weight excluding hydrogens is 248 g/mol. The Morgan fingerprint density at radius 1 is 1.28 bits per heavy atom. The van der Waals surface area contributed by atoms with Crippen LogP contribution in [0.4, 0.5) is 5.69 Å². The molecule has 1 aromatic carbocycles. The van der Waals surface area contributed by atoms with Gasteiger partial charge in [0.15, 0.2) is 0 Å². The number of aryl methyl sites for hydroxylation is 1. The van der Waals surface area contributed by atoms with Crippen LogP contribution in [-0.4, -0.2) is 12.0 Å². The summed E-state index contributed by atoms with van der Waals surface area (Å²) >= 11 is 6.12. The van der Waals surface area contributed by atoms with Gasteiger partial charge in [-0.15, -0.1) is 0 Å². The number of hydrogen-bond donors (Lipinski definition) is 1. The predicted molar refractivity (Wildman–Crippen MR) is 74.3 cm³/mol. The second-order valence-electron chi connectivity index (χ2n) is 3.99. The highest BCUT2D eigenvalue weighted by Crippen LogP contribution is 2.28. The summed E-state index contributed by atoms with van der Waals surface area (Å²) in [6, 6.07) is 9.58. The SMILES string of the molecule is CNc1ccc(OCc2ccc(C)nc2)c(Cl)c1. The fraction of sp³-hybridized carbons (Fsp3) is 0.214. The Labute approximate surface area is 112 Å². The largest absolute Gasteiger partial charge is 0.487 e. The zero-order valence-electron chi connectivity index (χ0n) is 10.4. The molecule has 0 amide bonds. The summed E-state index contributed by atoms with van der Waals surface area (Å²) < 4.78 is 5.66. The van der Waals surface area contributed by atoms with E-state index in [9.17, 15) is 0 Å². The number of anilines is 1. The van der Waals surface area contributed by atoms with Crippen LogP contribution in [0.1, 0.15) is 11.3 Å². The van der Waals surface area contributed by atoms with Crippen molar-refractivity contribution in [1.82, 2.24) is 4.98 Å². The molecule has 0 aliphatic heterocycles. The average molecular weight is 263 g/mol. The standard InChI is InChI=1S/C14H15ClN2O/c1-10-3-4-11(8-17-10)9-18-14-6-5-12(16-2)7-13(14)15/h3-8,16H,9H2,1-2H3. The van der Waals surface area contributed by atoms with Gasteiger partial charge in [-0.25, -0.2) is 0 Å². The molecule has 2 aromatic rings. The Bertz CT molecular complexity index is 526. The molecule has 0 fully saturated rings. The first kappa shape index (κ1) is 12.7. The van der Waals surface area contributed by atoms with Crippen molar-refractivity contribution in [3.8, 4) is 5.75 Å². The van der Waals surface area contributed by atoms with Gasteiger partial charge in [0, 0.05) is 30.2 Å². The summed E-state index contributed by atoms with van der Waals surface area (Å²) in [7, 11) is 1.85. The van der Waals surface area contributed by atoms with Crippen LogP contribution in [0.25, 0.3) is 0 Å². The molecule has 3 nitrogen and oxygen atoms in total. The predicted octanol–water partition coefficient (Wildman–Crippen LogP) is 3.66. The normalized spacial score (nSPS) is 10.2. The van der Waals surface area contributed by atoms with Crippen LogP contribution in [0, 0.1) is 6.92 Å². The maximum absolute atomic E-state index is 6.12. The van der Waals surface area contributed by atoms with E-state index in [-0.39, 0.29) is 0 Å². The maximum atomic E-state index is 6.12. The lowest BCUT2D eigenvalue weighted by molar-refractivity contribution is 0.306. The van der Waals surface area contributed by atoms with Crippen molar-refractivity contribution in [2.75, 3.05) is 12.4 Å². The highest BCUT2D eigenvalue weighted by molar-refractivity contribution is 6.32. The third-order valence-corrected chi connectivity index (χ3v) is 2.88. The third-order valence-electron chi connectivity index (χ3n) is 2.59. The van der Waals surface area contributed by atoms with E-state index in [0.717, 1.165) is 16.9 Å². The molecule has 0 bridgehead atoms. The fourth-order valence-corrected chi connectivity index (χ4v) is 1.75. The molecule has 18 heavy (non-hydrogen) atoms. The zero-order chi connectivity index (χ0) is 13.0. The van der Waals surface area contributed by atoms with E-state index < -0.39 is 0 Å². The molecule has 1 N–H and O–H groups in total. The van der Waals surface area contributed by atoms with Crippen LogP contribution < -0.4 is 10.1 Å². The number of pyridine rings is 1. The van der Waals surface area contributed by atoms with Crippen molar-refractivity contribution in [3.05, 3.63) is 52.8 Å². The first-order valence-electron chi connectivity index (χ1n) is 5.70. The van der Waals surface area contributed by atoms with Gasteiger partial charge >= 0.3 is 0 Å². The lowest BCUT2D eigenvalue weighted by Crippen LogP contribution is -1.97. The topological polar surface area (TPSA) is 34.1 Å². The maximum Gasteiger partial charge on any atom is 0.138 e. The minimum Gasteiger partial charge on any atom is -0.487 e. The number of aromatic nitrogens is 1. The number of benzene rings is 1. The molecule has 94 valence electrons. The Morgan fingerprint density at radius 2 is 2.11 bits per heavy atom. The summed E-state index contributed by atoms with van der Waals surface area (Å²) in [5.41, 5.74) is 2.98. The van der Waals surface area contributed by atoms with Crippen LogP contribution >= 0.6 is 11.6 Å². The van der Waals surface area contributed by atoms with E-state index in [0.29, 0.717) is 17.4 Å². The molecular formula is C14H15ClN2O. The van der Waals surface area contributed by atoms with E-state index in [2.05, 4.69) is 10.3 Å². The van der Waals surface area contributed by atoms with E-state index >= 15 is 0 Å². The van der Waals surface area contributed by atoms with Crippen LogP contribution in [-0.2, 0) is 6.61 Å². The van der Waals surface area contributed by atoms with Crippen molar-refractivity contribution in [2.45, 2.75) is 13.5 Å². The van der Waals surface area contributed by atoms with Crippen molar-refractivity contribution in [2.24, 2.45) is 0 Å². The Balaban J connectivity index is 2.04. The number of nitrogens with zero attached hydrogens (tertiary/aromatic N) is 1. The second kappa shape index (κ2) is 5.74. The number of hydrogen-bond acceptors (Lipinski definition) is 3. The summed E-state index contributed by atoms with van der Waals surface area (Å²) in [4.78, 5) is 4.22. The summed E-state index contributed by atoms with van der Waals surface area (Å²) in [5, 5.41) is 3.62. The van der Waals surface area contributed by atoms with Gasteiger partial charge in [-0.05, 0) is 31.2 Å². The molecule has 1 heterocycles.